The average Bonchev–Trinajstić information content (AvgIpc) is 3.35. The van der Waals surface area contributed by atoms with E-state index in [0.717, 1.165) is 30.2 Å². The Morgan fingerprint density at radius 1 is 0.946 bits per heavy atom. The molecule has 0 aliphatic rings. The SMILES string of the molecule is CCN(CC)c1ccc(-c2nnc(SCC(=O)Nc3cc(C(=O)OC)ccc3C(=O)OC)n2CC)cc1. The summed E-state index contributed by atoms with van der Waals surface area (Å²) in [5, 5.41) is 11.9. The van der Waals surface area contributed by atoms with Gasteiger partial charge in [-0.1, -0.05) is 11.8 Å². The van der Waals surface area contributed by atoms with E-state index in [0.29, 0.717) is 11.7 Å². The maximum absolute atomic E-state index is 12.8. The molecule has 2 aromatic carbocycles. The van der Waals surface area contributed by atoms with Crippen molar-refractivity contribution in [3.05, 3.63) is 53.6 Å². The third kappa shape index (κ3) is 6.48. The normalized spacial score (nSPS) is 10.6. The number of hydrogen-bond donors (Lipinski definition) is 1. The van der Waals surface area contributed by atoms with Gasteiger partial charge >= 0.3 is 11.9 Å². The Kier molecular flexibility index (Phi) is 9.67. The molecule has 3 aromatic rings. The standard InChI is InChI=1S/C26H31N5O5S/c1-6-30(7-2)19-12-9-17(10-13-19)23-28-29-26(31(23)8-3)37-16-22(32)27-21-15-18(24(33)35-4)11-14-20(21)25(34)36-5/h9-15H,6-8,16H2,1-5H3,(H,27,32). The van der Waals surface area contributed by atoms with Crippen molar-refractivity contribution in [3.63, 3.8) is 0 Å². The summed E-state index contributed by atoms with van der Waals surface area (Å²) >= 11 is 1.23. The number of thioether (sulfide) groups is 1. The molecule has 0 fully saturated rings. The molecule has 0 radical (unpaired) electrons. The highest BCUT2D eigenvalue weighted by molar-refractivity contribution is 7.99. The average molecular weight is 526 g/mol. The first-order chi connectivity index (χ1) is 17.9. The first-order valence-corrected chi connectivity index (χ1v) is 12.9. The number of anilines is 2. The molecule has 0 bridgehead atoms. The Labute approximate surface area is 220 Å². The molecule has 1 N–H and O–H groups in total. The van der Waals surface area contributed by atoms with Gasteiger partial charge in [-0.15, -0.1) is 10.2 Å². The summed E-state index contributed by atoms with van der Waals surface area (Å²) in [5.74, 6) is -0.873. The fourth-order valence-corrected chi connectivity index (χ4v) is 4.60. The van der Waals surface area contributed by atoms with Gasteiger partial charge in [0.15, 0.2) is 11.0 Å². The summed E-state index contributed by atoms with van der Waals surface area (Å²) in [6, 6.07) is 12.4. The summed E-state index contributed by atoms with van der Waals surface area (Å²) in [4.78, 5) is 39.1. The van der Waals surface area contributed by atoms with E-state index in [4.69, 9.17) is 9.47 Å². The second kappa shape index (κ2) is 12.9. The highest BCUT2D eigenvalue weighted by Crippen LogP contribution is 2.27. The van der Waals surface area contributed by atoms with Crippen molar-refractivity contribution < 1.29 is 23.9 Å². The van der Waals surface area contributed by atoms with Gasteiger partial charge in [0.1, 0.15) is 0 Å². The highest BCUT2D eigenvalue weighted by atomic mass is 32.2. The van der Waals surface area contributed by atoms with E-state index in [1.807, 2.05) is 23.6 Å². The zero-order valence-electron chi connectivity index (χ0n) is 21.6. The Morgan fingerprint density at radius 3 is 2.22 bits per heavy atom. The van der Waals surface area contributed by atoms with Crippen LogP contribution in [0.5, 0.6) is 0 Å². The lowest BCUT2D eigenvalue weighted by atomic mass is 10.1. The van der Waals surface area contributed by atoms with Crippen LogP contribution in [-0.4, -0.2) is 65.7 Å². The number of benzene rings is 2. The molecule has 1 aromatic heterocycles. The minimum absolute atomic E-state index is 0.0160. The number of aromatic nitrogens is 3. The van der Waals surface area contributed by atoms with Crippen LogP contribution in [0.2, 0.25) is 0 Å². The maximum atomic E-state index is 12.8. The first-order valence-electron chi connectivity index (χ1n) is 11.9. The van der Waals surface area contributed by atoms with Crippen LogP contribution >= 0.6 is 11.8 Å². The number of nitrogens with one attached hydrogen (secondary N) is 1. The smallest absolute Gasteiger partial charge is 0.339 e. The molecule has 1 heterocycles. The number of hydrogen-bond acceptors (Lipinski definition) is 9. The zero-order valence-corrected chi connectivity index (χ0v) is 22.4. The number of rotatable bonds is 11. The molecule has 3 rings (SSSR count). The van der Waals surface area contributed by atoms with Crippen LogP contribution in [0, 0.1) is 0 Å². The van der Waals surface area contributed by atoms with Gasteiger partial charge < -0.3 is 24.3 Å². The van der Waals surface area contributed by atoms with Gasteiger partial charge in [-0.3, -0.25) is 4.79 Å². The van der Waals surface area contributed by atoms with E-state index in [2.05, 4.69) is 46.4 Å². The molecule has 11 heteroatoms. The minimum Gasteiger partial charge on any atom is -0.465 e. The van der Waals surface area contributed by atoms with Gasteiger partial charge in [0.05, 0.1) is 36.8 Å². The maximum Gasteiger partial charge on any atom is 0.339 e. The second-order valence-electron chi connectivity index (χ2n) is 7.85. The molecule has 0 saturated carbocycles. The molecular weight excluding hydrogens is 494 g/mol. The number of esters is 2. The van der Waals surface area contributed by atoms with Crippen LogP contribution in [0.15, 0.2) is 47.6 Å². The highest BCUT2D eigenvalue weighted by Gasteiger charge is 2.19. The van der Waals surface area contributed by atoms with Crippen LogP contribution < -0.4 is 10.2 Å². The van der Waals surface area contributed by atoms with Crippen molar-refractivity contribution in [2.24, 2.45) is 0 Å². The van der Waals surface area contributed by atoms with Crippen molar-refractivity contribution in [1.82, 2.24) is 14.8 Å². The predicted octanol–water partition coefficient (Wildman–Crippen LogP) is 4.12. The number of amides is 1. The first kappa shape index (κ1) is 27.7. The fraction of sp³-hybridized carbons (Fsp3) is 0.346. The Morgan fingerprint density at radius 2 is 1.62 bits per heavy atom. The molecule has 196 valence electrons. The fourth-order valence-electron chi connectivity index (χ4n) is 3.80. The quantitative estimate of drug-likeness (QED) is 0.292. The van der Waals surface area contributed by atoms with Gasteiger partial charge in [-0.25, -0.2) is 9.59 Å². The Hall–Kier alpha value is -3.86. The monoisotopic (exact) mass is 525 g/mol. The number of carbonyl (C=O) groups is 3. The van der Waals surface area contributed by atoms with Gasteiger partial charge in [0, 0.05) is 30.9 Å². The third-order valence-electron chi connectivity index (χ3n) is 5.74. The van der Waals surface area contributed by atoms with E-state index in [1.54, 1.807) is 0 Å². The topological polar surface area (TPSA) is 116 Å². The molecule has 0 unspecified atom stereocenters. The van der Waals surface area contributed by atoms with Gasteiger partial charge in [-0.2, -0.15) is 0 Å². The van der Waals surface area contributed by atoms with E-state index >= 15 is 0 Å². The molecule has 10 nitrogen and oxygen atoms in total. The molecule has 0 aliphatic heterocycles. The van der Waals surface area contributed by atoms with Gasteiger partial charge in [-0.05, 0) is 63.2 Å². The zero-order chi connectivity index (χ0) is 26.9. The van der Waals surface area contributed by atoms with Crippen molar-refractivity contribution >= 4 is 41.0 Å². The van der Waals surface area contributed by atoms with Crippen LogP contribution in [-0.2, 0) is 20.8 Å². The largest absolute Gasteiger partial charge is 0.465 e. The number of ether oxygens (including phenoxy) is 2. The van der Waals surface area contributed by atoms with Crippen molar-refractivity contribution in [1.29, 1.82) is 0 Å². The second-order valence-corrected chi connectivity index (χ2v) is 8.79. The van der Waals surface area contributed by atoms with Gasteiger partial charge in [0.25, 0.3) is 0 Å². The molecular formula is C26H31N5O5S. The Bertz CT molecular complexity index is 1250. The predicted molar refractivity (Wildman–Crippen MR) is 143 cm³/mol. The molecule has 0 saturated heterocycles. The van der Waals surface area contributed by atoms with Crippen LogP contribution in [0.25, 0.3) is 11.4 Å². The summed E-state index contributed by atoms with van der Waals surface area (Å²) in [7, 11) is 2.49. The van der Waals surface area contributed by atoms with E-state index in [1.165, 1.54) is 44.2 Å². The molecule has 0 atom stereocenters. The van der Waals surface area contributed by atoms with Crippen molar-refractivity contribution in [3.8, 4) is 11.4 Å². The van der Waals surface area contributed by atoms with Crippen LogP contribution in [0.1, 0.15) is 41.5 Å². The third-order valence-corrected chi connectivity index (χ3v) is 6.71. The minimum atomic E-state index is -0.637. The summed E-state index contributed by atoms with van der Waals surface area (Å²) in [5.41, 5.74) is 2.56. The molecule has 37 heavy (non-hydrogen) atoms. The molecule has 0 aliphatic carbocycles. The summed E-state index contributed by atoms with van der Waals surface area (Å²) < 4.78 is 11.5. The summed E-state index contributed by atoms with van der Waals surface area (Å²) in [6.45, 7) is 8.71. The van der Waals surface area contributed by atoms with Crippen molar-refractivity contribution in [2.75, 3.05) is 43.3 Å². The van der Waals surface area contributed by atoms with Crippen LogP contribution in [0.3, 0.4) is 0 Å². The number of methoxy groups -OCH3 is 2. The van der Waals surface area contributed by atoms with Crippen LogP contribution in [0.4, 0.5) is 11.4 Å². The lowest BCUT2D eigenvalue weighted by Crippen LogP contribution is -2.21. The van der Waals surface area contributed by atoms with Gasteiger partial charge in [0.2, 0.25) is 5.91 Å². The lowest BCUT2D eigenvalue weighted by molar-refractivity contribution is -0.113. The lowest BCUT2D eigenvalue weighted by Gasteiger charge is -2.21. The van der Waals surface area contributed by atoms with E-state index < -0.39 is 11.9 Å². The van der Waals surface area contributed by atoms with E-state index in [-0.39, 0.29) is 28.5 Å². The Balaban J connectivity index is 1.75. The van der Waals surface area contributed by atoms with Crippen molar-refractivity contribution in [2.45, 2.75) is 32.5 Å². The number of nitrogens with zero attached hydrogens (tertiary/aromatic N) is 4. The summed E-state index contributed by atoms with van der Waals surface area (Å²) in [6.07, 6.45) is 0. The van der Waals surface area contributed by atoms with E-state index in [9.17, 15) is 14.4 Å². The molecule has 1 amide bonds. The molecule has 0 spiro atoms. The number of carbonyl (C=O) groups excluding carboxylic acids is 3.